The Labute approximate surface area is 186 Å². The molecule has 170 valence electrons. The van der Waals surface area contributed by atoms with Crippen molar-refractivity contribution < 1.29 is 14.3 Å². The van der Waals surface area contributed by atoms with Gasteiger partial charge >= 0.3 is 6.09 Å². The van der Waals surface area contributed by atoms with Crippen molar-refractivity contribution in [1.82, 2.24) is 15.1 Å². The molecule has 0 aromatic heterocycles. The predicted octanol–water partition coefficient (Wildman–Crippen LogP) is 3.90. The third-order valence-corrected chi connectivity index (χ3v) is 7.43. The molecule has 1 unspecified atom stereocenters. The molecule has 1 spiro atoms. The lowest BCUT2D eigenvalue weighted by Gasteiger charge is -2.42. The van der Waals surface area contributed by atoms with E-state index >= 15 is 0 Å². The quantitative estimate of drug-likeness (QED) is 0.792. The molecule has 6 nitrogen and oxygen atoms in total. The molecule has 3 saturated heterocycles. The number of hydrogen-bond donors (Lipinski definition) is 1. The highest BCUT2D eigenvalue weighted by Gasteiger charge is 2.55. The lowest BCUT2D eigenvalue weighted by Crippen LogP contribution is -2.55. The highest BCUT2D eigenvalue weighted by atomic mass is 16.6. The van der Waals surface area contributed by atoms with Crippen LogP contribution in [0.3, 0.4) is 0 Å². The molecule has 1 aromatic carbocycles. The number of nitrogens with one attached hydrogen (secondary N) is 1. The zero-order valence-corrected chi connectivity index (χ0v) is 19.4. The summed E-state index contributed by atoms with van der Waals surface area (Å²) in [5.74, 6) is 0.617. The van der Waals surface area contributed by atoms with E-state index in [1.54, 1.807) is 0 Å². The van der Waals surface area contributed by atoms with Crippen LogP contribution in [0.2, 0.25) is 0 Å². The summed E-state index contributed by atoms with van der Waals surface area (Å²) in [6, 6.07) is 6.28. The highest BCUT2D eigenvalue weighted by Crippen LogP contribution is 2.42. The van der Waals surface area contributed by atoms with Crippen LogP contribution in [-0.4, -0.2) is 65.7 Å². The zero-order valence-electron chi connectivity index (χ0n) is 19.4. The second kappa shape index (κ2) is 8.81. The summed E-state index contributed by atoms with van der Waals surface area (Å²) in [6.07, 6.45) is 4.22. The van der Waals surface area contributed by atoms with E-state index in [9.17, 15) is 9.59 Å². The number of carbonyl (C=O) groups excluding carboxylic acids is 2. The number of ether oxygens (including phenoxy) is 1. The normalized spacial score (nSPS) is 24.2. The molecule has 1 aromatic rings. The fourth-order valence-corrected chi connectivity index (χ4v) is 5.80. The number of rotatable bonds is 4. The Morgan fingerprint density at radius 1 is 1.16 bits per heavy atom. The molecule has 0 aliphatic carbocycles. The molecule has 4 rings (SSSR count). The first-order valence-electron chi connectivity index (χ1n) is 11.9. The van der Waals surface area contributed by atoms with Crippen molar-refractivity contribution in [3.05, 3.63) is 34.9 Å². The molecule has 1 atom stereocenters. The molecule has 0 saturated carbocycles. The molecule has 3 fully saturated rings. The van der Waals surface area contributed by atoms with Gasteiger partial charge in [-0.3, -0.25) is 9.69 Å². The molecular formula is C25H37N3O3. The third-order valence-electron chi connectivity index (χ3n) is 7.43. The van der Waals surface area contributed by atoms with E-state index in [4.69, 9.17) is 4.74 Å². The summed E-state index contributed by atoms with van der Waals surface area (Å²) in [5.41, 5.74) is 2.53. The molecule has 31 heavy (non-hydrogen) atoms. The summed E-state index contributed by atoms with van der Waals surface area (Å²) in [6.45, 7) is 11.6. The van der Waals surface area contributed by atoms with E-state index in [1.807, 2.05) is 36.9 Å². The molecule has 0 bridgehead atoms. The van der Waals surface area contributed by atoms with Crippen molar-refractivity contribution >= 4 is 12.0 Å². The number of piperidine rings is 2. The molecular weight excluding hydrogens is 390 g/mol. The van der Waals surface area contributed by atoms with Gasteiger partial charge in [0.1, 0.15) is 5.60 Å². The van der Waals surface area contributed by atoms with Gasteiger partial charge in [0.25, 0.3) is 5.91 Å². The Balaban J connectivity index is 1.48. The van der Waals surface area contributed by atoms with E-state index in [1.165, 1.54) is 0 Å². The lowest BCUT2D eigenvalue weighted by atomic mass is 9.80. The minimum atomic E-state index is -0.349. The van der Waals surface area contributed by atoms with Crippen molar-refractivity contribution in [2.45, 2.75) is 77.5 Å². The van der Waals surface area contributed by atoms with Crippen LogP contribution in [0.15, 0.2) is 18.2 Å². The molecule has 3 aliphatic heterocycles. The van der Waals surface area contributed by atoms with Crippen LogP contribution in [0.1, 0.15) is 67.4 Å². The van der Waals surface area contributed by atoms with Crippen molar-refractivity contribution in [3.63, 3.8) is 0 Å². The van der Waals surface area contributed by atoms with Crippen LogP contribution in [0, 0.1) is 19.8 Å². The molecule has 2 amide bonds. The smallest absolute Gasteiger partial charge is 0.411 e. The molecule has 6 heteroatoms. The number of carbonyl (C=O) groups is 2. The lowest BCUT2D eigenvalue weighted by molar-refractivity contribution is -0.000971. The Kier molecular flexibility index (Phi) is 6.29. The molecule has 3 aliphatic rings. The minimum Gasteiger partial charge on any atom is -0.440 e. The topological polar surface area (TPSA) is 61.9 Å². The van der Waals surface area contributed by atoms with E-state index in [0.717, 1.165) is 61.9 Å². The van der Waals surface area contributed by atoms with Gasteiger partial charge in [0.15, 0.2) is 0 Å². The second-order valence-corrected chi connectivity index (χ2v) is 10.0. The van der Waals surface area contributed by atoms with Crippen LogP contribution in [-0.2, 0) is 4.74 Å². The van der Waals surface area contributed by atoms with Gasteiger partial charge in [0.05, 0.1) is 6.04 Å². The Morgan fingerprint density at radius 3 is 2.35 bits per heavy atom. The van der Waals surface area contributed by atoms with Crippen LogP contribution in [0.5, 0.6) is 0 Å². The predicted molar refractivity (Wildman–Crippen MR) is 121 cm³/mol. The van der Waals surface area contributed by atoms with Gasteiger partial charge in [0.2, 0.25) is 0 Å². The summed E-state index contributed by atoms with van der Waals surface area (Å²) in [7, 11) is 0. The first-order valence-corrected chi connectivity index (χ1v) is 11.9. The van der Waals surface area contributed by atoms with E-state index in [-0.39, 0.29) is 29.7 Å². The standard InChI is InChI=1S/C25H37N3O3/c1-17(2)16-21-25(10-12-26-13-11-25)31-24(30)28(21)20-8-14-27(15-9-20)23(29)22-18(3)6-5-7-19(22)4/h5-7,17,20-21,26H,8-16H2,1-4H3. The summed E-state index contributed by atoms with van der Waals surface area (Å²) in [4.78, 5) is 30.3. The van der Waals surface area contributed by atoms with Crippen molar-refractivity contribution in [1.29, 1.82) is 0 Å². The zero-order chi connectivity index (χ0) is 22.2. The molecule has 0 radical (unpaired) electrons. The van der Waals surface area contributed by atoms with Crippen LogP contribution in [0.4, 0.5) is 4.79 Å². The van der Waals surface area contributed by atoms with Crippen molar-refractivity contribution in [2.24, 2.45) is 5.92 Å². The average Bonchev–Trinajstić information content (AvgIpc) is 2.98. The number of hydrogen-bond acceptors (Lipinski definition) is 4. The first kappa shape index (κ1) is 22.1. The van der Waals surface area contributed by atoms with Gasteiger partial charge in [-0.1, -0.05) is 32.0 Å². The van der Waals surface area contributed by atoms with Gasteiger partial charge in [-0.05, 0) is 63.2 Å². The Morgan fingerprint density at radius 2 is 1.77 bits per heavy atom. The van der Waals surface area contributed by atoms with Crippen LogP contribution >= 0.6 is 0 Å². The van der Waals surface area contributed by atoms with Crippen LogP contribution in [0.25, 0.3) is 0 Å². The minimum absolute atomic E-state index is 0.117. The van der Waals surface area contributed by atoms with Crippen molar-refractivity contribution in [3.8, 4) is 0 Å². The highest BCUT2D eigenvalue weighted by molar-refractivity contribution is 5.97. The van der Waals surface area contributed by atoms with Gasteiger partial charge < -0.3 is 15.0 Å². The molecule has 3 heterocycles. The maximum Gasteiger partial charge on any atom is 0.411 e. The monoisotopic (exact) mass is 427 g/mol. The van der Waals surface area contributed by atoms with E-state index < -0.39 is 0 Å². The van der Waals surface area contributed by atoms with Crippen molar-refractivity contribution in [2.75, 3.05) is 26.2 Å². The molecule has 1 N–H and O–H groups in total. The Hall–Kier alpha value is -2.08. The number of benzene rings is 1. The largest absolute Gasteiger partial charge is 0.440 e. The van der Waals surface area contributed by atoms with Gasteiger partial charge in [-0.15, -0.1) is 0 Å². The maximum atomic E-state index is 13.2. The summed E-state index contributed by atoms with van der Waals surface area (Å²) < 4.78 is 6.11. The van der Waals surface area contributed by atoms with Gasteiger partial charge in [-0.2, -0.15) is 0 Å². The SMILES string of the molecule is Cc1cccc(C)c1C(=O)N1CCC(N2C(=O)OC3(CCNCC3)C2CC(C)C)CC1. The fraction of sp³-hybridized carbons (Fsp3) is 0.680. The van der Waals surface area contributed by atoms with E-state index in [2.05, 4.69) is 24.1 Å². The third kappa shape index (κ3) is 4.19. The van der Waals surface area contributed by atoms with Gasteiger partial charge in [0, 0.05) is 37.5 Å². The number of likely N-dealkylation sites (tertiary alicyclic amines) is 1. The van der Waals surface area contributed by atoms with Crippen LogP contribution < -0.4 is 5.32 Å². The number of nitrogens with zero attached hydrogens (tertiary/aromatic N) is 2. The average molecular weight is 428 g/mol. The van der Waals surface area contributed by atoms with Gasteiger partial charge in [-0.25, -0.2) is 4.79 Å². The number of aryl methyl sites for hydroxylation is 2. The first-order chi connectivity index (χ1) is 14.8. The maximum absolute atomic E-state index is 13.2. The number of amides is 2. The Bertz CT molecular complexity index is 803. The summed E-state index contributed by atoms with van der Waals surface area (Å²) in [5, 5.41) is 3.41. The second-order valence-electron chi connectivity index (χ2n) is 10.0. The fourth-order valence-electron chi connectivity index (χ4n) is 5.80. The summed E-state index contributed by atoms with van der Waals surface area (Å²) >= 11 is 0. The van der Waals surface area contributed by atoms with E-state index in [0.29, 0.717) is 19.0 Å².